The average Bonchev–Trinajstić information content (AvgIpc) is 2.77. The zero-order valence-corrected chi connectivity index (χ0v) is 13.7. The minimum atomic E-state index is 0.153. The highest BCUT2D eigenvalue weighted by atomic mass is 16.1. The highest BCUT2D eigenvalue weighted by Gasteiger charge is 2.54. The van der Waals surface area contributed by atoms with Crippen LogP contribution in [-0.4, -0.2) is 5.78 Å². The van der Waals surface area contributed by atoms with Crippen LogP contribution in [0.15, 0.2) is 36.4 Å². The van der Waals surface area contributed by atoms with Gasteiger partial charge in [-0.1, -0.05) is 50.2 Å². The molecule has 0 unspecified atom stereocenters. The van der Waals surface area contributed by atoms with Gasteiger partial charge in [0.15, 0.2) is 0 Å². The molecule has 1 nitrogen and oxygen atoms in total. The van der Waals surface area contributed by atoms with Crippen LogP contribution in [0.2, 0.25) is 0 Å². The summed E-state index contributed by atoms with van der Waals surface area (Å²) in [5.74, 6) is 1.67. The summed E-state index contributed by atoms with van der Waals surface area (Å²) in [5.41, 5.74) is 3.21. The summed E-state index contributed by atoms with van der Waals surface area (Å²) < 4.78 is 0. The number of benzene rings is 2. The summed E-state index contributed by atoms with van der Waals surface area (Å²) in [7, 11) is 0. The number of hydrogen-bond donors (Lipinski definition) is 0. The van der Waals surface area contributed by atoms with E-state index < -0.39 is 0 Å². The lowest BCUT2D eigenvalue weighted by molar-refractivity contribution is -0.125. The maximum atomic E-state index is 12.2. The Hall–Kier alpha value is -1.63. The molecular formula is C21H24O. The predicted molar refractivity (Wildman–Crippen MR) is 91.1 cm³/mol. The van der Waals surface area contributed by atoms with Gasteiger partial charge in [-0.2, -0.15) is 0 Å². The normalized spacial score (nSPS) is 33.5. The third kappa shape index (κ3) is 1.74. The quantitative estimate of drug-likeness (QED) is 0.713. The third-order valence-corrected chi connectivity index (χ3v) is 6.49. The molecule has 4 atom stereocenters. The van der Waals surface area contributed by atoms with Gasteiger partial charge in [0.2, 0.25) is 0 Å². The predicted octanol–water partition coefficient (Wildman–Crippen LogP) is 5.12. The molecule has 0 amide bonds. The fourth-order valence-electron chi connectivity index (χ4n) is 5.67. The Morgan fingerprint density at radius 1 is 1.18 bits per heavy atom. The van der Waals surface area contributed by atoms with E-state index in [9.17, 15) is 4.79 Å². The van der Waals surface area contributed by atoms with E-state index in [1.807, 2.05) is 0 Å². The van der Waals surface area contributed by atoms with E-state index in [1.165, 1.54) is 21.9 Å². The van der Waals surface area contributed by atoms with Gasteiger partial charge in [-0.25, -0.2) is 0 Å². The van der Waals surface area contributed by atoms with E-state index in [0.29, 0.717) is 17.6 Å². The maximum Gasteiger partial charge on any atom is 0.133 e. The standard InChI is InChI=1S/C21H24O/c1-13-12-19-18-9-8-15-6-4-5-7-16(15)17(18)10-11-21(19,3)20(13)14(2)22/h4-9,13,19-20H,10-12H2,1-3H3/t13-,19+,20-,21+/m1/s1. The number of ketones is 1. The van der Waals surface area contributed by atoms with Crippen molar-refractivity contribution >= 4 is 16.6 Å². The van der Waals surface area contributed by atoms with Crippen molar-refractivity contribution in [3.63, 3.8) is 0 Å². The van der Waals surface area contributed by atoms with E-state index in [0.717, 1.165) is 19.3 Å². The Bertz CT molecular complexity index is 760. The second kappa shape index (κ2) is 4.68. The van der Waals surface area contributed by atoms with Crippen LogP contribution in [0.4, 0.5) is 0 Å². The lowest BCUT2D eigenvalue weighted by atomic mass is 9.62. The molecule has 0 spiro atoms. The first-order valence-corrected chi connectivity index (χ1v) is 8.53. The summed E-state index contributed by atoms with van der Waals surface area (Å²) in [4.78, 5) is 12.2. The highest BCUT2D eigenvalue weighted by molar-refractivity contribution is 5.87. The monoisotopic (exact) mass is 292 g/mol. The third-order valence-electron chi connectivity index (χ3n) is 6.49. The molecule has 0 radical (unpaired) electrons. The number of aryl methyl sites for hydroxylation is 1. The van der Waals surface area contributed by atoms with E-state index >= 15 is 0 Å². The molecule has 2 aromatic rings. The van der Waals surface area contributed by atoms with Crippen molar-refractivity contribution in [1.82, 2.24) is 0 Å². The summed E-state index contributed by atoms with van der Waals surface area (Å²) in [5, 5.41) is 2.76. The average molecular weight is 292 g/mol. The van der Waals surface area contributed by atoms with Crippen molar-refractivity contribution in [1.29, 1.82) is 0 Å². The largest absolute Gasteiger partial charge is 0.300 e. The van der Waals surface area contributed by atoms with Crippen molar-refractivity contribution < 1.29 is 4.79 Å². The van der Waals surface area contributed by atoms with Gasteiger partial charge in [0.05, 0.1) is 0 Å². The molecule has 22 heavy (non-hydrogen) atoms. The minimum Gasteiger partial charge on any atom is -0.300 e. The number of rotatable bonds is 1. The number of carbonyl (C=O) groups excluding carboxylic acids is 1. The molecule has 0 heterocycles. The second-order valence-electron chi connectivity index (χ2n) is 7.71. The van der Waals surface area contributed by atoms with Crippen LogP contribution < -0.4 is 0 Å². The lowest BCUT2D eigenvalue weighted by Gasteiger charge is -2.41. The van der Waals surface area contributed by atoms with Crippen LogP contribution in [0, 0.1) is 17.3 Å². The molecule has 2 aromatic carbocycles. The number of carbonyl (C=O) groups is 1. The van der Waals surface area contributed by atoms with E-state index in [2.05, 4.69) is 50.2 Å². The fourth-order valence-corrected chi connectivity index (χ4v) is 5.67. The van der Waals surface area contributed by atoms with Gasteiger partial charge in [0, 0.05) is 5.92 Å². The first-order valence-electron chi connectivity index (χ1n) is 8.53. The highest BCUT2D eigenvalue weighted by Crippen LogP contribution is 2.61. The van der Waals surface area contributed by atoms with Gasteiger partial charge in [-0.05, 0) is 65.3 Å². The first kappa shape index (κ1) is 14.0. The molecule has 0 bridgehead atoms. The van der Waals surface area contributed by atoms with Gasteiger partial charge in [0.25, 0.3) is 0 Å². The zero-order valence-electron chi connectivity index (χ0n) is 13.7. The molecular weight excluding hydrogens is 268 g/mol. The van der Waals surface area contributed by atoms with Crippen LogP contribution in [0.5, 0.6) is 0 Å². The Balaban J connectivity index is 1.89. The SMILES string of the molecule is CC(=O)[C@H]1[C@H](C)C[C@H]2c3ccc4ccccc4c3CC[C@@]21C. The molecule has 0 N–H and O–H groups in total. The molecule has 1 saturated carbocycles. The van der Waals surface area contributed by atoms with Gasteiger partial charge < -0.3 is 0 Å². The Kier molecular flexibility index (Phi) is 2.98. The molecule has 4 rings (SSSR count). The van der Waals surface area contributed by atoms with Crippen molar-refractivity contribution in [3.05, 3.63) is 47.5 Å². The van der Waals surface area contributed by atoms with Crippen molar-refractivity contribution in [3.8, 4) is 0 Å². The van der Waals surface area contributed by atoms with E-state index in [-0.39, 0.29) is 11.3 Å². The number of hydrogen-bond acceptors (Lipinski definition) is 1. The number of Topliss-reactive ketones (excluding diaryl/α,β-unsaturated/α-hetero) is 1. The summed E-state index contributed by atoms with van der Waals surface area (Å²) in [6.45, 7) is 6.44. The Morgan fingerprint density at radius 3 is 2.73 bits per heavy atom. The van der Waals surface area contributed by atoms with Crippen LogP contribution in [-0.2, 0) is 11.2 Å². The minimum absolute atomic E-state index is 0.153. The Labute approximate surface area is 132 Å². The second-order valence-corrected chi connectivity index (χ2v) is 7.71. The van der Waals surface area contributed by atoms with Gasteiger partial charge >= 0.3 is 0 Å². The first-order chi connectivity index (χ1) is 10.5. The van der Waals surface area contributed by atoms with Gasteiger partial charge in [-0.15, -0.1) is 0 Å². The molecule has 1 fully saturated rings. The van der Waals surface area contributed by atoms with Crippen molar-refractivity contribution in [2.75, 3.05) is 0 Å². The van der Waals surface area contributed by atoms with E-state index in [4.69, 9.17) is 0 Å². The summed E-state index contributed by atoms with van der Waals surface area (Å²) in [6, 6.07) is 13.3. The fraction of sp³-hybridized carbons (Fsp3) is 0.476. The topological polar surface area (TPSA) is 17.1 Å². The Morgan fingerprint density at radius 2 is 1.95 bits per heavy atom. The smallest absolute Gasteiger partial charge is 0.133 e. The molecule has 2 aliphatic carbocycles. The van der Waals surface area contributed by atoms with Crippen LogP contribution in [0.1, 0.15) is 50.7 Å². The summed E-state index contributed by atoms with van der Waals surface area (Å²) >= 11 is 0. The molecule has 0 aromatic heterocycles. The van der Waals surface area contributed by atoms with Crippen LogP contribution >= 0.6 is 0 Å². The van der Waals surface area contributed by atoms with E-state index in [1.54, 1.807) is 6.92 Å². The van der Waals surface area contributed by atoms with Gasteiger partial charge in [-0.3, -0.25) is 4.79 Å². The molecule has 2 aliphatic rings. The van der Waals surface area contributed by atoms with Gasteiger partial charge in [0.1, 0.15) is 5.78 Å². The lowest BCUT2D eigenvalue weighted by Crippen LogP contribution is -2.36. The van der Waals surface area contributed by atoms with Crippen molar-refractivity contribution in [2.24, 2.45) is 17.3 Å². The van der Waals surface area contributed by atoms with Crippen molar-refractivity contribution in [2.45, 2.75) is 46.0 Å². The summed E-state index contributed by atoms with van der Waals surface area (Å²) in [6.07, 6.45) is 3.42. The van der Waals surface area contributed by atoms with Crippen LogP contribution in [0.3, 0.4) is 0 Å². The maximum absolute atomic E-state index is 12.2. The molecule has 114 valence electrons. The zero-order chi connectivity index (χ0) is 15.5. The molecule has 0 aliphatic heterocycles. The van der Waals surface area contributed by atoms with Crippen LogP contribution in [0.25, 0.3) is 10.8 Å². The number of fused-ring (bicyclic) bond motifs is 5. The molecule has 0 saturated heterocycles. The molecule has 1 heteroatoms.